The summed E-state index contributed by atoms with van der Waals surface area (Å²) in [4.78, 5) is 27.9. The lowest BCUT2D eigenvalue weighted by Crippen LogP contribution is -2.27. The van der Waals surface area contributed by atoms with E-state index >= 15 is 0 Å². The number of fused-ring (bicyclic) bond motifs is 1. The molecule has 3 aromatic heterocycles. The van der Waals surface area contributed by atoms with E-state index in [0.29, 0.717) is 28.0 Å². The highest BCUT2D eigenvalue weighted by Crippen LogP contribution is 2.31. The van der Waals surface area contributed by atoms with Gasteiger partial charge in [-0.05, 0) is 67.1 Å². The molecule has 8 heteroatoms. The third-order valence-corrected chi connectivity index (χ3v) is 5.65. The van der Waals surface area contributed by atoms with Gasteiger partial charge in [0.05, 0.1) is 11.1 Å². The number of hydrogen-bond acceptors (Lipinski definition) is 6. The molecule has 1 fully saturated rings. The molecule has 0 saturated carbocycles. The standard InChI is InChI=1S/C23H21FN6O/c24-19-10-17(1-2-18(19)14-3-6-25-7-4-14)29-22-21-15(5-8-28-23(21)31)9-20(30-22)16-11-26-13-27-12-16/h1-2,5,8-14,25H,3-4,6-7H2,(H,28,31)(H,29,30). The Kier molecular flexibility index (Phi) is 5.13. The number of nitrogens with zero attached hydrogens (tertiary/aromatic N) is 3. The number of halogens is 1. The maximum Gasteiger partial charge on any atom is 0.259 e. The SMILES string of the molecule is O=c1[nH]ccc2cc(-c3cncnc3)nc(Nc3ccc(C4CCNCC4)c(F)c3)c12. The van der Waals surface area contributed by atoms with Gasteiger partial charge in [-0.25, -0.2) is 19.3 Å². The molecule has 5 rings (SSSR count). The van der Waals surface area contributed by atoms with Crippen LogP contribution in [-0.2, 0) is 0 Å². The number of hydrogen-bond donors (Lipinski definition) is 3. The number of pyridine rings is 2. The summed E-state index contributed by atoms with van der Waals surface area (Å²) in [6.45, 7) is 1.80. The number of nitrogens with one attached hydrogen (secondary N) is 3. The monoisotopic (exact) mass is 416 g/mol. The van der Waals surface area contributed by atoms with Gasteiger partial charge in [-0.3, -0.25) is 4.79 Å². The lowest BCUT2D eigenvalue weighted by Gasteiger charge is -2.23. The number of piperidine rings is 1. The van der Waals surface area contributed by atoms with Crippen molar-refractivity contribution in [3.05, 3.63) is 77.0 Å². The molecule has 7 nitrogen and oxygen atoms in total. The fourth-order valence-electron chi connectivity index (χ4n) is 4.09. The summed E-state index contributed by atoms with van der Waals surface area (Å²) >= 11 is 0. The van der Waals surface area contributed by atoms with Gasteiger partial charge in [0.2, 0.25) is 0 Å². The zero-order valence-electron chi connectivity index (χ0n) is 16.7. The molecule has 0 amide bonds. The minimum Gasteiger partial charge on any atom is -0.339 e. The van der Waals surface area contributed by atoms with Crippen molar-refractivity contribution in [3.63, 3.8) is 0 Å². The van der Waals surface area contributed by atoms with Gasteiger partial charge in [0.15, 0.2) is 0 Å². The van der Waals surface area contributed by atoms with Gasteiger partial charge in [-0.1, -0.05) is 6.07 Å². The van der Waals surface area contributed by atoms with E-state index in [2.05, 4.69) is 30.6 Å². The highest BCUT2D eigenvalue weighted by Gasteiger charge is 2.19. The van der Waals surface area contributed by atoms with Crippen LogP contribution in [0.4, 0.5) is 15.9 Å². The first kappa shape index (κ1) is 19.3. The predicted molar refractivity (Wildman–Crippen MR) is 118 cm³/mol. The zero-order valence-corrected chi connectivity index (χ0v) is 16.7. The Morgan fingerprint density at radius 1 is 1.06 bits per heavy atom. The molecule has 0 aliphatic carbocycles. The highest BCUT2D eigenvalue weighted by atomic mass is 19.1. The van der Waals surface area contributed by atoms with Gasteiger partial charge in [0, 0.05) is 29.8 Å². The van der Waals surface area contributed by atoms with Crippen molar-refractivity contribution in [3.8, 4) is 11.3 Å². The van der Waals surface area contributed by atoms with E-state index in [1.54, 1.807) is 24.7 Å². The molecule has 0 bridgehead atoms. The van der Waals surface area contributed by atoms with Crippen molar-refractivity contribution < 1.29 is 4.39 Å². The second kappa shape index (κ2) is 8.23. The molecular weight excluding hydrogens is 395 g/mol. The van der Waals surface area contributed by atoms with Crippen LogP contribution in [0, 0.1) is 5.82 Å². The molecule has 1 saturated heterocycles. The van der Waals surface area contributed by atoms with Crippen LogP contribution in [0.25, 0.3) is 22.0 Å². The number of anilines is 2. The van der Waals surface area contributed by atoms with Crippen LogP contribution in [0.3, 0.4) is 0 Å². The van der Waals surface area contributed by atoms with E-state index in [4.69, 9.17) is 0 Å². The largest absolute Gasteiger partial charge is 0.339 e. The fraction of sp³-hybridized carbons (Fsp3) is 0.217. The average molecular weight is 416 g/mol. The minimum atomic E-state index is -0.268. The predicted octanol–water partition coefficient (Wildman–Crippen LogP) is 3.73. The maximum atomic E-state index is 14.9. The van der Waals surface area contributed by atoms with Crippen LogP contribution >= 0.6 is 0 Å². The van der Waals surface area contributed by atoms with Gasteiger partial charge in [-0.2, -0.15) is 0 Å². The van der Waals surface area contributed by atoms with Crippen LogP contribution in [0.15, 0.2) is 60.0 Å². The third-order valence-electron chi connectivity index (χ3n) is 5.65. The lowest BCUT2D eigenvalue weighted by molar-refractivity contribution is 0.445. The number of benzene rings is 1. The second-order valence-electron chi connectivity index (χ2n) is 7.64. The topological polar surface area (TPSA) is 95.6 Å². The summed E-state index contributed by atoms with van der Waals surface area (Å²) < 4.78 is 14.9. The lowest BCUT2D eigenvalue weighted by atomic mass is 9.90. The number of H-pyrrole nitrogens is 1. The molecule has 4 aromatic rings. The summed E-state index contributed by atoms with van der Waals surface area (Å²) in [5.41, 5.74) is 2.34. The number of aromatic nitrogens is 4. The van der Waals surface area contributed by atoms with Gasteiger partial charge in [-0.15, -0.1) is 0 Å². The molecule has 31 heavy (non-hydrogen) atoms. The first-order chi connectivity index (χ1) is 15.2. The normalized spacial score (nSPS) is 14.6. The van der Waals surface area contributed by atoms with Crippen LogP contribution in [-0.4, -0.2) is 33.0 Å². The van der Waals surface area contributed by atoms with Crippen molar-refractivity contribution in [2.45, 2.75) is 18.8 Å². The molecule has 1 aliphatic heterocycles. The van der Waals surface area contributed by atoms with Crippen molar-refractivity contribution in [1.82, 2.24) is 25.3 Å². The van der Waals surface area contributed by atoms with E-state index in [9.17, 15) is 9.18 Å². The van der Waals surface area contributed by atoms with Crippen LogP contribution in [0.1, 0.15) is 24.3 Å². The van der Waals surface area contributed by atoms with E-state index in [-0.39, 0.29) is 17.3 Å². The third kappa shape index (κ3) is 3.89. The molecule has 156 valence electrons. The van der Waals surface area contributed by atoms with Gasteiger partial charge in [0.25, 0.3) is 5.56 Å². The molecule has 4 heterocycles. The van der Waals surface area contributed by atoms with E-state index < -0.39 is 0 Å². The molecule has 0 spiro atoms. The highest BCUT2D eigenvalue weighted by molar-refractivity contribution is 5.95. The van der Waals surface area contributed by atoms with E-state index in [1.807, 2.05) is 18.2 Å². The van der Waals surface area contributed by atoms with E-state index in [1.165, 1.54) is 12.4 Å². The van der Waals surface area contributed by atoms with Crippen LogP contribution in [0.2, 0.25) is 0 Å². The minimum absolute atomic E-state index is 0.221. The maximum absolute atomic E-state index is 14.9. The van der Waals surface area contributed by atoms with Crippen LogP contribution < -0.4 is 16.2 Å². The zero-order chi connectivity index (χ0) is 21.2. The molecule has 3 N–H and O–H groups in total. The smallest absolute Gasteiger partial charge is 0.259 e. The quantitative estimate of drug-likeness (QED) is 0.469. The summed E-state index contributed by atoms with van der Waals surface area (Å²) in [7, 11) is 0. The molecule has 1 aromatic carbocycles. The van der Waals surface area contributed by atoms with Crippen molar-refractivity contribution in [2.24, 2.45) is 0 Å². The van der Waals surface area contributed by atoms with Crippen molar-refractivity contribution >= 4 is 22.3 Å². The van der Waals surface area contributed by atoms with Gasteiger partial charge in [0.1, 0.15) is 18.0 Å². The Bertz CT molecular complexity index is 1280. The molecule has 0 unspecified atom stereocenters. The van der Waals surface area contributed by atoms with Crippen molar-refractivity contribution in [1.29, 1.82) is 0 Å². The first-order valence-corrected chi connectivity index (χ1v) is 10.2. The van der Waals surface area contributed by atoms with Crippen LogP contribution in [0.5, 0.6) is 0 Å². The summed E-state index contributed by atoms with van der Waals surface area (Å²) in [6.07, 6.45) is 8.20. The Balaban J connectivity index is 1.55. The van der Waals surface area contributed by atoms with E-state index in [0.717, 1.165) is 37.1 Å². The number of rotatable bonds is 4. The Morgan fingerprint density at radius 2 is 1.87 bits per heavy atom. The first-order valence-electron chi connectivity index (χ1n) is 10.2. The number of aromatic amines is 1. The van der Waals surface area contributed by atoms with Crippen molar-refractivity contribution in [2.75, 3.05) is 18.4 Å². The Hall–Kier alpha value is -3.65. The average Bonchev–Trinajstić information content (AvgIpc) is 2.80. The fourth-order valence-corrected chi connectivity index (χ4v) is 4.09. The molecular formula is C23H21FN6O. The summed E-state index contributed by atoms with van der Waals surface area (Å²) in [6, 6.07) is 8.76. The summed E-state index contributed by atoms with van der Waals surface area (Å²) in [5.74, 6) is 0.327. The molecule has 1 aliphatic rings. The van der Waals surface area contributed by atoms with Gasteiger partial charge < -0.3 is 15.6 Å². The Labute approximate surface area is 177 Å². The van der Waals surface area contributed by atoms with Gasteiger partial charge >= 0.3 is 0 Å². The summed E-state index contributed by atoms with van der Waals surface area (Å²) in [5, 5.41) is 7.57. The Morgan fingerprint density at radius 3 is 2.65 bits per heavy atom. The molecule has 0 atom stereocenters. The second-order valence-corrected chi connectivity index (χ2v) is 7.64. The molecule has 0 radical (unpaired) electrons.